The van der Waals surface area contributed by atoms with Crippen LogP contribution >= 0.6 is 15.9 Å². The first kappa shape index (κ1) is 17.3. The van der Waals surface area contributed by atoms with E-state index < -0.39 is 5.54 Å². The fourth-order valence-electron chi connectivity index (χ4n) is 3.22. The molecule has 1 N–H and O–H groups in total. The third-order valence-electron chi connectivity index (χ3n) is 4.44. The second-order valence-electron chi connectivity index (χ2n) is 6.03. The molecule has 126 valence electrons. The van der Waals surface area contributed by atoms with Crippen LogP contribution in [0.5, 0.6) is 0 Å². The lowest BCUT2D eigenvalue weighted by molar-refractivity contribution is -0.119. The van der Waals surface area contributed by atoms with Crippen molar-refractivity contribution >= 4 is 27.9 Å². The quantitative estimate of drug-likeness (QED) is 0.485. The summed E-state index contributed by atoms with van der Waals surface area (Å²) in [5, 5.41) is 12.5. The predicted octanol–water partition coefficient (Wildman–Crippen LogP) is 3.73. The van der Waals surface area contributed by atoms with Gasteiger partial charge < -0.3 is 5.32 Å². The van der Waals surface area contributed by atoms with E-state index in [4.69, 9.17) is 0 Å². The molecule has 6 heteroatoms. The van der Waals surface area contributed by atoms with E-state index in [1.165, 1.54) is 6.08 Å². The van der Waals surface area contributed by atoms with E-state index in [9.17, 15) is 10.1 Å². The number of nitrogens with zero attached hydrogens (tertiary/aromatic N) is 3. The van der Waals surface area contributed by atoms with Crippen molar-refractivity contribution in [3.63, 3.8) is 0 Å². The molecular formula is C19H17BrN4O. The van der Waals surface area contributed by atoms with Gasteiger partial charge in [-0.1, -0.05) is 18.9 Å². The highest BCUT2D eigenvalue weighted by atomic mass is 79.9. The van der Waals surface area contributed by atoms with E-state index in [-0.39, 0.29) is 11.5 Å². The number of nitrogens with one attached hydrogen (secondary N) is 1. The summed E-state index contributed by atoms with van der Waals surface area (Å²) in [6.45, 7) is 0. The normalized spacial score (nSPS) is 16.2. The zero-order valence-electron chi connectivity index (χ0n) is 13.6. The minimum Gasteiger partial charge on any atom is -0.342 e. The molecule has 0 atom stereocenters. The summed E-state index contributed by atoms with van der Waals surface area (Å²) in [5.74, 6) is -0.372. The molecule has 0 aliphatic heterocycles. The van der Waals surface area contributed by atoms with Crippen molar-refractivity contribution in [2.75, 3.05) is 0 Å². The fourth-order valence-corrected chi connectivity index (χ4v) is 3.58. The number of halogens is 1. The lowest BCUT2D eigenvalue weighted by Crippen LogP contribution is -2.44. The SMILES string of the molecule is N#CC(=Cc1cccc(Br)n1)C(=O)NC1(c2ccncc2)CCCC1. The maximum absolute atomic E-state index is 12.7. The standard InChI is InChI=1S/C19H17BrN4O/c20-17-5-3-4-16(23-17)12-14(13-21)18(25)24-19(8-1-2-9-19)15-6-10-22-11-7-15/h3-7,10-12H,1-2,8-9H2,(H,24,25). The van der Waals surface area contributed by atoms with Crippen LogP contribution in [0.15, 0.2) is 52.9 Å². The molecule has 0 unspecified atom stereocenters. The summed E-state index contributed by atoms with van der Waals surface area (Å²) in [6, 6.07) is 11.2. The Kier molecular flexibility index (Phi) is 5.25. The number of carbonyl (C=O) groups excluding carboxylic acids is 1. The van der Waals surface area contributed by atoms with Crippen LogP contribution in [0.1, 0.15) is 36.9 Å². The number of hydrogen-bond donors (Lipinski definition) is 1. The van der Waals surface area contributed by atoms with E-state index in [0.717, 1.165) is 31.2 Å². The molecule has 0 bridgehead atoms. The molecule has 0 saturated heterocycles. The minimum absolute atomic E-state index is 0.0472. The number of aromatic nitrogens is 2. The minimum atomic E-state index is -0.430. The topological polar surface area (TPSA) is 78.7 Å². The van der Waals surface area contributed by atoms with Gasteiger partial charge in [0.25, 0.3) is 5.91 Å². The van der Waals surface area contributed by atoms with Crippen LogP contribution in [0.25, 0.3) is 6.08 Å². The highest BCUT2D eigenvalue weighted by molar-refractivity contribution is 9.10. The van der Waals surface area contributed by atoms with Crippen LogP contribution in [-0.2, 0) is 10.3 Å². The van der Waals surface area contributed by atoms with Crippen molar-refractivity contribution in [3.8, 4) is 6.07 Å². The third kappa shape index (κ3) is 3.94. The molecule has 1 fully saturated rings. The first-order chi connectivity index (χ1) is 12.1. The molecule has 0 aromatic carbocycles. The van der Waals surface area contributed by atoms with Crippen molar-refractivity contribution in [3.05, 3.63) is 64.2 Å². The van der Waals surface area contributed by atoms with Crippen molar-refractivity contribution in [2.45, 2.75) is 31.2 Å². The highest BCUT2D eigenvalue weighted by Gasteiger charge is 2.37. The van der Waals surface area contributed by atoms with Gasteiger partial charge in [-0.3, -0.25) is 9.78 Å². The molecule has 3 rings (SSSR count). The fraction of sp³-hybridized carbons (Fsp3) is 0.263. The molecule has 0 radical (unpaired) electrons. The molecule has 5 nitrogen and oxygen atoms in total. The number of nitriles is 1. The van der Waals surface area contributed by atoms with E-state index >= 15 is 0 Å². The molecule has 2 aromatic rings. The summed E-state index contributed by atoms with van der Waals surface area (Å²) >= 11 is 3.29. The average Bonchev–Trinajstić information content (AvgIpc) is 3.10. The van der Waals surface area contributed by atoms with Crippen molar-refractivity contribution in [1.29, 1.82) is 5.26 Å². The average molecular weight is 397 g/mol. The highest BCUT2D eigenvalue weighted by Crippen LogP contribution is 2.38. The van der Waals surface area contributed by atoms with Crippen molar-refractivity contribution in [1.82, 2.24) is 15.3 Å². The van der Waals surface area contributed by atoms with E-state index in [1.807, 2.05) is 24.3 Å². The van der Waals surface area contributed by atoms with Crippen LogP contribution < -0.4 is 5.32 Å². The Morgan fingerprint density at radius 3 is 2.60 bits per heavy atom. The Balaban J connectivity index is 1.87. The van der Waals surface area contributed by atoms with Crippen LogP contribution in [0.2, 0.25) is 0 Å². The maximum atomic E-state index is 12.7. The number of pyridine rings is 2. The Morgan fingerprint density at radius 1 is 1.24 bits per heavy atom. The van der Waals surface area contributed by atoms with Crippen molar-refractivity contribution in [2.24, 2.45) is 0 Å². The zero-order valence-corrected chi connectivity index (χ0v) is 15.2. The summed E-state index contributed by atoms with van der Waals surface area (Å²) in [7, 11) is 0. The zero-order chi connectivity index (χ0) is 17.7. The predicted molar refractivity (Wildman–Crippen MR) is 98.1 cm³/mol. The first-order valence-electron chi connectivity index (χ1n) is 8.10. The molecule has 1 amide bonds. The van der Waals surface area contributed by atoms with Gasteiger partial charge in [0.05, 0.1) is 11.2 Å². The van der Waals surface area contributed by atoms with Gasteiger partial charge in [-0.15, -0.1) is 0 Å². The molecule has 1 aliphatic rings. The largest absolute Gasteiger partial charge is 0.342 e. The number of hydrogen-bond acceptors (Lipinski definition) is 4. The van der Waals surface area contributed by atoms with Gasteiger partial charge in [0.1, 0.15) is 16.2 Å². The summed E-state index contributed by atoms with van der Waals surface area (Å²) < 4.78 is 0.656. The Morgan fingerprint density at radius 2 is 1.96 bits per heavy atom. The Bertz CT molecular complexity index is 836. The van der Waals surface area contributed by atoms with Gasteiger partial charge in [-0.2, -0.15) is 5.26 Å². The van der Waals surface area contributed by atoms with Crippen molar-refractivity contribution < 1.29 is 4.79 Å². The van der Waals surface area contributed by atoms with Gasteiger partial charge in [0, 0.05) is 12.4 Å². The molecule has 1 saturated carbocycles. The first-order valence-corrected chi connectivity index (χ1v) is 8.90. The van der Waals surface area contributed by atoms with Gasteiger partial charge in [-0.05, 0) is 64.7 Å². The molecule has 2 aromatic heterocycles. The molecular weight excluding hydrogens is 380 g/mol. The van der Waals surface area contributed by atoms with Gasteiger partial charge in [0.15, 0.2) is 0 Å². The van der Waals surface area contributed by atoms with E-state index in [2.05, 4.69) is 31.2 Å². The Labute approximate surface area is 154 Å². The van der Waals surface area contributed by atoms with Crippen LogP contribution in [0.3, 0.4) is 0 Å². The molecule has 2 heterocycles. The lowest BCUT2D eigenvalue weighted by Gasteiger charge is -2.30. The Hall–Kier alpha value is -2.52. The monoisotopic (exact) mass is 396 g/mol. The number of rotatable bonds is 4. The summed E-state index contributed by atoms with van der Waals surface area (Å²) in [4.78, 5) is 21.0. The van der Waals surface area contributed by atoms with E-state index in [1.54, 1.807) is 24.5 Å². The van der Waals surface area contributed by atoms with Crippen LogP contribution in [0, 0.1) is 11.3 Å². The molecule has 0 spiro atoms. The second kappa shape index (κ2) is 7.58. The lowest BCUT2D eigenvalue weighted by atomic mass is 9.88. The van der Waals surface area contributed by atoms with Crippen LogP contribution in [-0.4, -0.2) is 15.9 Å². The smallest absolute Gasteiger partial charge is 0.262 e. The summed E-state index contributed by atoms with van der Waals surface area (Å²) in [6.07, 6.45) is 8.77. The number of carbonyl (C=O) groups is 1. The van der Waals surface area contributed by atoms with Crippen LogP contribution in [0.4, 0.5) is 0 Å². The van der Waals surface area contributed by atoms with Gasteiger partial charge in [0.2, 0.25) is 0 Å². The molecule has 25 heavy (non-hydrogen) atoms. The number of amides is 1. The van der Waals surface area contributed by atoms with Gasteiger partial charge in [-0.25, -0.2) is 4.98 Å². The molecule has 1 aliphatic carbocycles. The van der Waals surface area contributed by atoms with E-state index in [0.29, 0.717) is 10.3 Å². The maximum Gasteiger partial charge on any atom is 0.262 e. The second-order valence-corrected chi connectivity index (χ2v) is 6.85. The van der Waals surface area contributed by atoms with Gasteiger partial charge >= 0.3 is 0 Å². The third-order valence-corrected chi connectivity index (χ3v) is 4.88. The summed E-state index contributed by atoms with van der Waals surface area (Å²) in [5.41, 5.74) is 1.21.